The minimum absolute atomic E-state index is 0.0687. The number of methoxy groups -OCH3 is 1. The molecule has 4 nitrogen and oxygen atoms in total. The van der Waals surface area contributed by atoms with E-state index < -0.39 is 17.3 Å². The number of benzene rings is 1. The third kappa shape index (κ3) is 3.66. The van der Waals surface area contributed by atoms with Gasteiger partial charge in [0.05, 0.1) is 11.3 Å². The number of unbranched alkanes of at least 4 members (excludes halogenated alkanes) is 1. The predicted octanol–water partition coefficient (Wildman–Crippen LogP) is 3.94. The summed E-state index contributed by atoms with van der Waals surface area (Å²) in [5.74, 6) is -0.171. The molecule has 1 aromatic carbocycles. The summed E-state index contributed by atoms with van der Waals surface area (Å²) in [5, 5.41) is 0. The number of halogens is 3. The molecule has 1 aliphatic heterocycles. The molecule has 2 rings (SSSR count). The van der Waals surface area contributed by atoms with Crippen LogP contribution in [0, 0.1) is 6.92 Å². The Morgan fingerprint density at radius 2 is 1.92 bits per heavy atom. The lowest BCUT2D eigenvalue weighted by Gasteiger charge is -2.39. The normalized spacial score (nSPS) is 16.8. The van der Waals surface area contributed by atoms with Crippen LogP contribution >= 0.6 is 0 Å². The first-order valence-electron chi connectivity index (χ1n) is 7.79. The van der Waals surface area contributed by atoms with Crippen LogP contribution in [0.25, 0.3) is 0 Å². The number of hydrogen-bond acceptors (Lipinski definition) is 3. The third-order valence-corrected chi connectivity index (χ3v) is 4.01. The van der Waals surface area contributed by atoms with Crippen molar-refractivity contribution < 1.29 is 27.4 Å². The Kier molecular flexibility index (Phi) is 5.13. The number of aryl methyl sites for hydroxylation is 1. The van der Waals surface area contributed by atoms with E-state index in [0.29, 0.717) is 25.3 Å². The van der Waals surface area contributed by atoms with Gasteiger partial charge in [-0.1, -0.05) is 0 Å². The number of nitrogens with zero attached hydrogens (tertiary/aromatic N) is 1. The van der Waals surface area contributed by atoms with Crippen LogP contribution in [0.5, 0.6) is 5.75 Å². The lowest BCUT2D eigenvalue weighted by atomic mass is 9.99. The lowest BCUT2D eigenvalue weighted by Crippen LogP contribution is -2.52. The van der Waals surface area contributed by atoms with Crippen molar-refractivity contribution >= 4 is 11.6 Å². The van der Waals surface area contributed by atoms with Crippen LogP contribution in [-0.2, 0) is 15.7 Å². The number of rotatable bonds is 5. The monoisotopic (exact) mass is 345 g/mol. The Morgan fingerprint density at radius 1 is 1.25 bits per heavy atom. The van der Waals surface area contributed by atoms with Crippen molar-refractivity contribution in [1.29, 1.82) is 0 Å². The van der Waals surface area contributed by atoms with Crippen molar-refractivity contribution in [2.24, 2.45) is 0 Å². The molecular weight excluding hydrogens is 323 g/mol. The molecule has 0 radical (unpaired) electrons. The van der Waals surface area contributed by atoms with Gasteiger partial charge in [0.25, 0.3) is 5.91 Å². The van der Waals surface area contributed by atoms with E-state index in [-0.39, 0.29) is 17.2 Å². The Balaban J connectivity index is 2.40. The summed E-state index contributed by atoms with van der Waals surface area (Å²) >= 11 is 0. The van der Waals surface area contributed by atoms with Gasteiger partial charge in [0.15, 0.2) is 5.60 Å². The maximum absolute atomic E-state index is 13.1. The van der Waals surface area contributed by atoms with Crippen LogP contribution in [-0.4, -0.2) is 31.8 Å². The highest BCUT2D eigenvalue weighted by atomic mass is 19.4. The van der Waals surface area contributed by atoms with E-state index in [1.54, 1.807) is 21.0 Å². The van der Waals surface area contributed by atoms with E-state index in [0.717, 1.165) is 12.5 Å². The molecule has 134 valence electrons. The Labute approximate surface area is 139 Å². The van der Waals surface area contributed by atoms with Gasteiger partial charge in [-0.15, -0.1) is 0 Å². The molecule has 0 fully saturated rings. The van der Waals surface area contributed by atoms with Crippen molar-refractivity contribution in [3.05, 3.63) is 23.3 Å². The Bertz CT molecular complexity index is 626. The van der Waals surface area contributed by atoms with E-state index in [9.17, 15) is 18.0 Å². The van der Waals surface area contributed by atoms with Crippen LogP contribution in [0.4, 0.5) is 18.9 Å². The smallest absolute Gasteiger partial charge is 0.416 e. The number of carbonyl (C=O) groups excluding carboxylic acids is 1. The second kappa shape index (κ2) is 6.63. The van der Waals surface area contributed by atoms with E-state index in [2.05, 4.69) is 0 Å². The Morgan fingerprint density at radius 3 is 2.50 bits per heavy atom. The summed E-state index contributed by atoms with van der Waals surface area (Å²) in [4.78, 5) is 14.1. The number of fused-ring (bicyclic) bond motifs is 1. The van der Waals surface area contributed by atoms with Crippen LogP contribution < -0.4 is 9.64 Å². The fourth-order valence-electron chi connectivity index (χ4n) is 2.76. The zero-order valence-electron chi connectivity index (χ0n) is 14.3. The van der Waals surface area contributed by atoms with Gasteiger partial charge in [-0.2, -0.15) is 13.2 Å². The van der Waals surface area contributed by atoms with Gasteiger partial charge in [-0.25, -0.2) is 0 Å². The topological polar surface area (TPSA) is 38.8 Å². The maximum Gasteiger partial charge on any atom is 0.416 e. The molecule has 24 heavy (non-hydrogen) atoms. The number of carbonyl (C=O) groups is 1. The molecule has 1 aromatic rings. The first-order valence-corrected chi connectivity index (χ1v) is 7.79. The number of ether oxygens (including phenoxy) is 2. The zero-order chi connectivity index (χ0) is 18.1. The minimum atomic E-state index is -4.46. The molecule has 1 heterocycles. The van der Waals surface area contributed by atoms with Gasteiger partial charge in [0, 0.05) is 20.3 Å². The second-order valence-electron chi connectivity index (χ2n) is 6.40. The van der Waals surface area contributed by atoms with Gasteiger partial charge >= 0.3 is 6.18 Å². The highest BCUT2D eigenvalue weighted by Gasteiger charge is 2.42. The summed E-state index contributed by atoms with van der Waals surface area (Å²) in [5.41, 5.74) is -1.49. The Hall–Kier alpha value is -1.76. The summed E-state index contributed by atoms with van der Waals surface area (Å²) in [6, 6.07) is 2.36. The average Bonchev–Trinajstić information content (AvgIpc) is 2.46. The van der Waals surface area contributed by atoms with Gasteiger partial charge in [0.1, 0.15) is 5.75 Å². The molecule has 0 spiro atoms. The minimum Gasteiger partial charge on any atom is -0.476 e. The summed E-state index contributed by atoms with van der Waals surface area (Å²) in [7, 11) is 1.60. The van der Waals surface area contributed by atoms with Crippen molar-refractivity contribution in [3.63, 3.8) is 0 Å². The van der Waals surface area contributed by atoms with Crippen LogP contribution in [0.2, 0.25) is 0 Å². The first kappa shape index (κ1) is 18.6. The second-order valence-corrected chi connectivity index (χ2v) is 6.40. The maximum atomic E-state index is 13.1. The molecule has 1 amide bonds. The number of alkyl halides is 3. The van der Waals surface area contributed by atoms with E-state index >= 15 is 0 Å². The molecule has 0 atom stereocenters. The fourth-order valence-corrected chi connectivity index (χ4v) is 2.76. The number of amides is 1. The first-order chi connectivity index (χ1) is 11.1. The fraction of sp³-hybridized carbons (Fsp3) is 0.588. The largest absolute Gasteiger partial charge is 0.476 e. The molecule has 0 saturated heterocycles. The summed E-state index contributed by atoms with van der Waals surface area (Å²) < 4.78 is 49.9. The zero-order valence-corrected chi connectivity index (χ0v) is 14.3. The van der Waals surface area contributed by atoms with Crippen molar-refractivity contribution in [2.45, 2.75) is 45.4 Å². The van der Waals surface area contributed by atoms with Crippen molar-refractivity contribution in [3.8, 4) is 5.75 Å². The van der Waals surface area contributed by atoms with Gasteiger partial charge in [-0.3, -0.25) is 4.79 Å². The summed E-state index contributed by atoms with van der Waals surface area (Å²) in [6.07, 6.45) is -3.01. The molecular formula is C17H22F3NO3. The average molecular weight is 345 g/mol. The van der Waals surface area contributed by atoms with Crippen molar-refractivity contribution in [1.82, 2.24) is 0 Å². The quantitative estimate of drug-likeness (QED) is 0.759. The van der Waals surface area contributed by atoms with Crippen LogP contribution in [0.1, 0.15) is 37.8 Å². The predicted molar refractivity (Wildman–Crippen MR) is 84.4 cm³/mol. The van der Waals surface area contributed by atoms with Crippen LogP contribution in [0.15, 0.2) is 12.1 Å². The molecule has 0 bridgehead atoms. The molecule has 0 saturated carbocycles. The van der Waals surface area contributed by atoms with Gasteiger partial charge < -0.3 is 14.4 Å². The highest BCUT2D eigenvalue weighted by Crippen LogP contribution is 2.43. The molecule has 0 unspecified atom stereocenters. The lowest BCUT2D eigenvalue weighted by molar-refractivity contribution is -0.138. The molecule has 0 aromatic heterocycles. The van der Waals surface area contributed by atoms with Crippen LogP contribution in [0.3, 0.4) is 0 Å². The third-order valence-electron chi connectivity index (χ3n) is 4.01. The molecule has 0 aliphatic carbocycles. The number of anilines is 1. The SMILES string of the molecule is COCCCCN1C(=O)C(C)(C)Oc2cc(C(F)(F)F)c(C)cc21. The summed E-state index contributed by atoms with van der Waals surface area (Å²) in [6.45, 7) is 5.49. The van der Waals surface area contributed by atoms with E-state index in [1.165, 1.54) is 17.9 Å². The highest BCUT2D eigenvalue weighted by molar-refractivity contribution is 6.02. The van der Waals surface area contributed by atoms with Gasteiger partial charge in [0.2, 0.25) is 0 Å². The number of hydrogen-bond donors (Lipinski definition) is 0. The molecule has 7 heteroatoms. The molecule has 1 aliphatic rings. The van der Waals surface area contributed by atoms with Crippen molar-refractivity contribution in [2.75, 3.05) is 25.2 Å². The van der Waals surface area contributed by atoms with Gasteiger partial charge in [-0.05, 0) is 51.3 Å². The van der Waals surface area contributed by atoms with E-state index in [1.807, 2.05) is 0 Å². The molecule has 0 N–H and O–H groups in total. The van der Waals surface area contributed by atoms with E-state index in [4.69, 9.17) is 9.47 Å². The standard InChI is InChI=1S/C17H22F3NO3/c1-11-9-13-14(10-12(11)17(18,19)20)24-16(2,3)15(22)21(13)7-5-6-8-23-4/h9-10H,5-8H2,1-4H3.